The molecule has 3 aromatic carbocycles. The first-order valence-corrected chi connectivity index (χ1v) is 12.4. The summed E-state index contributed by atoms with van der Waals surface area (Å²) in [4.78, 5) is 14.9. The Labute approximate surface area is 194 Å². The van der Waals surface area contributed by atoms with Crippen molar-refractivity contribution in [1.29, 1.82) is 0 Å². The molecule has 5 nitrogen and oxygen atoms in total. The summed E-state index contributed by atoms with van der Waals surface area (Å²) in [7, 11) is -3.75. The van der Waals surface area contributed by atoms with Crippen LogP contribution in [0.15, 0.2) is 71.6 Å². The molecule has 0 saturated carbocycles. The number of carbonyl (C=O) groups excluding carboxylic acids is 1. The minimum absolute atomic E-state index is 0.146. The second kappa shape index (κ2) is 8.96. The number of aryl methyl sites for hydroxylation is 1. The van der Waals surface area contributed by atoms with Gasteiger partial charge in [0, 0.05) is 28.5 Å². The number of amides is 1. The Bertz CT molecular complexity index is 1250. The summed E-state index contributed by atoms with van der Waals surface area (Å²) in [6.07, 6.45) is 1.47. The topological polar surface area (TPSA) is 66.5 Å². The lowest BCUT2D eigenvalue weighted by Crippen LogP contribution is -2.35. The van der Waals surface area contributed by atoms with Crippen molar-refractivity contribution in [2.75, 3.05) is 16.2 Å². The van der Waals surface area contributed by atoms with Gasteiger partial charge in [0.05, 0.1) is 4.90 Å². The zero-order chi connectivity index (χ0) is 22.9. The van der Waals surface area contributed by atoms with E-state index in [2.05, 4.69) is 18.6 Å². The number of halogens is 1. The smallest absolute Gasteiger partial charge is 0.261 e. The van der Waals surface area contributed by atoms with E-state index in [1.165, 1.54) is 0 Å². The van der Waals surface area contributed by atoms with E-state index in [0.717, 1.165) is 23.2 Å². The Morgan fingerprint density at radius 3 is 2.47 bits per heavy atom. The molecule has 1 aliphatic heterocycles. The molecule has 3 aromatic rings. The number of sulfonamides is 1. The molecule has 7 heteroatoms. The molecule has 0 aromatic heterocycles. The van der Waals surface area contributed by atoms with Crippen LogP contribution in [0.2, 0.25) is 5.02 Å². The average Bonchev–Trinajstić information content (AvgIpc) is 2.78. The van der Waals surface area contributed by atoms with Crippen molar-refractivity contribution in [3.8, 4) is 0 Å². The number of rotatable bonds is 5. The van der Waals surface area contributed by atoms with Gasteiger partial charge in [-0.3, -0.25) is 9.52 Å². The van der Waals surface area contributed by atoms with Gasteiger partial charge in [0.15, 0.2) is 0 Å². The third-order valence-corrected chi connectivity index (χ3v) is 7.24. The highest BCUT2D eigenvalue weighted by molar-refractivity contribution is 7.92. The van der Waals surface area contributed by atoms with E-state index < -0.39 is 10.0 Å². The summed E-state index contributed by atoms with van der Waals surface area (Å²) in [6.45, 7) is 4.75. The van der Waals surface area contributed by atoms with Crippen LogP contribution in [0.25, 0.3) is 0 Å². The number of nitrogens with one attached hydrogen (secondary N) is 1. The van der Waals surface area contributed by atoms with Crippen molar-refractivity contribution in [2.24, 2.45) is 0 Å². The number of hydrogen-bond acceptors (Lipinski definition) is 3. The molecule has 4 rings (SSSR count). The lowest BCUT2D eigenvalue weighted by molar-refractivity contribution is 0.0985. The van der Waals surface area contributed by atoms with Crippen LogP contribution in [0.4, 0.5) is 11.4 Å². The van der Waals surface area contributed by atoms with Crippen molar-refractivity contribution in [3.05, 3.63) is 88.4 Å². The summed E-state index contributed by atoms with van der Waals surface area (Å²) in [6, 6.07) is 19.2. The fraction of sp³-hybridized carbons (Fsp3) is 0.240. The Hall–Kier alpha value is -2.83. The predicted octanol–water partition coefficient (Wildman–Crippen LogP) is 5.86. The molecule has 0 spiro atoms. The molecule has 166 valence electrons. The van der Waals surface area contributed by atoms with Crippen LogP contribution >= 0.6 is 11.6 Å². The van der Waals surface area contributed by atoms with Gasteiger partial charge in [0.2, 0.25) is 0 Å². The number of fused-ring (bicyclic) bond motifs is 1. The maximum Gasteiger partial charge on any atom is 0.261 e. The SMILES string of the molecule is CC(C)c1ccc(NS(=O)(=O)c2ccc3c(c2)CCCN3C(=O)c2cccc(Cl)c2)cc1. The first-order chi connectivity index (χ1) is 15.2. The summed E-state index contributed by atoms with van der Waals surface area (Å²) in [5.74, 6) is 0.228. The Morgan fingerprint density at radius 2 is 1.78 bits per heavy atom. The molecular formula is C25H25ClN2O3S. The van der Waals surface area contributed by atoms with Gasteiger partial charge in [-0.15, -0.1) is 0 Å². The van der Waals surface area contributed by atoms with Crippen molar-refractivity contribution in [1.82, 2.24) is 0 Å². The molecule has 0 saturated heterocycles. The van der Waals surface area contributed by atoms with Gasteiger partial charge in [-0.05, 0) is 78.4 Å². The second-order valence-electron chi connectivity index (χ2n) is 8.24. The van der Waals surface area contributed by atoms with Crippen LogP contribution in [-0.2, 0) is 16.4 Å². The predicted molar refractivity (Wildman–Crippen MR) is 129 cm³/mol. The second-order valence-corrected chi connectivity index (χ2v) is 10.4. The van der Waals surface area contributed by atoms with Crippen LogP contribution in [0.3, 0.4) is 0 Å². The van der Waals surface area contributed by atoms with Gasteiger partial charge in [0.1, 0.15) is 0 Å². The van der Waals surface area contributed by atoms with Crippen LogP contribution in [0, 0.1) is 0 Å². The van der Waals surface area contributed by atoms with Crippen LogP contribution < -0.4 is 9.62 Å². The Morgan fingerprint density at radius 1 is 1.03 bits per heavy atom. The average molecular weight is 469 g/mol. The normalized spacial score (nSPS) is 13.7. The fourth-order valence-electron chi connectivity index (χ4n) is 3.88. The lowest BCUT2D eigenvalue weighted by atomic mass is 10.0. The summed E-state index contributed by atoms with van der Waals surface area (Å²) in [5.41, 5.74) is 3.75. The van der Waals surface area contributed by atoms with Crippen molar-refractivity contribution in [3.63, 3.8) is 0 Å². The maximum absolute atomic E-state index is 13.0. The number of carbonyl (C=O) groups is 1. The van der Waals surface area contributed by atoms with Gasteiger partial charge in [-0.25, -0.2) is 8.42 Å². The molecule has 0 fully saturated rings. The highest BCUT2D eigenvalue weighted by atomic mass is 35.5. The van der Waals surface area contributed by atoms with E-state index in [4.69, 9.17) is 11.6 Å². The first kappa shape index (κ1) is 22.4. The summed E-state index contributed by atoms with van der Waals surface area (Å²) >= 11 is 6.05. The fourth-order valence-corrected chi connectivity index (χ4v) is 5.18. The van der Waals surface area contributed by atoms with Crippen molar-refractivity contribution in [2.45, 2.75) is 37.5 Å². The summed E-state index contributed by atoms with van der Waals surface area (Å²) in [5, 5.41) is 0.502. The maximum atomic E-state index is 13.0. The minimum atomic E-state index is -3.75. The molecule has 0 aliphatic carbocycles. The van der Waals surface area contributed by atoms with Crippen molar-refractivity contribution >= 4 is 38.9 Å². The molecule has 1 heterocycles. The molecule has 0 bridgehead atoms. The summed E-state index contributed by atoms with van der Waals surface area (Å²) < 4.78 is 28.6. The number of anilines is 2. The molecule has 32 heavy (non-hydrogen) atoms. The van der Waals surface area contributed by atoms with Gasteiger partial charge in [0.25, 0.3) is 15.9 Å². The molecule has 0 radical (unpaired) electrons. The first-order valence-electron chi connectivity index (χ1n) is 10.6. The third-order valence-electron chi connectivity index (χ3n) is 5.63. The van der Waals surface area contributed by atoms with E-state index >= 15 is 0 Å². The minimum Gasteiger partial charge on any atom is -0.308 e. The largest absolute Gasteiger partial charge is 0.308 e. The molecule has 1 N–H and O–H groups in total. The van der Waals surface area contributed by atoms with Gasteiger partial charge in [-0.2, -0.15) is 0 Å². The van der Waals surface area contributed by atoms with E-state index in [0.29, 0.717) is 35.2 Å². The quantitative estimate of drug-likeness (QED) is 0.510. The Kier molecular flexibility index (Phi) is 6.26. The third kappa shape index (κ3) is 4.66. The number of hydrogen-bond donors (Lipinski definition) is 1. The van der Waals surface area contributed by atoms with Crippen LogP contribution in [0.1, 0.15) is 47.7 Å². The Balaban J connectivity index is 1.59. The van der Waals surface area contributed by atoms with E-state index in [1.807, 2.05) is 12.1 Å². The van der Waals surface area contributed by atoms with Gasteiger partial charge >= 0.3 is 0 Å². The zero-order valence-corrected chi connectivity index (χ0v) is 19.6. The van der Waals surface area contributed by atoms with Crippen LogP contribution in [-0.4, -0.2) is 20.9 Å². The number of nitrogens with zero attached hydrogens (tertiary/aromatic N) is 1. The van der Waals surface area contributed by atoms with E-state index in [9.17, 15) is 13.2 Å². The van der Waals surface area contributed by atoms with Gasteiger partial charge in [-0.1, -0.05) is 43.6 Å². The zero-order valence-electron chi connectivity index (χ0n) is 18.0. The van der Waals surface area contributed by atoms with Gasteiger partial charge < -0.3 is 4.90 Å². The highest BCUT2D eigenvalue weighted by Gasteiger charge is 2.26. The lowest BCUT2D eigenvalue weighted by Gasteiger charge is -2.30. The highest BCUT2D eigenvalue weighted by Crippen LogP contribution is 2.31. The monoisotopic (exact) mass is 468 g/mol. The van der Waals surface area contributed by atoms with Crippen LogP contribution in [0.5, 0.6) is 0 Å². The van der Waals surface area contributed by atoms with E-state index in [-0.39, 0.29) is 10.8 Å². The molecular weight excluding hydrogens is 444 g/mol. The molecule has 0 atom stereocenters. The standard InChI is InChI=1S/C25H25ClN2O3S/c1-17(2)18-8-10-22(11-9-18)27-32(30,31)23-12-13-24-19(16-23)6-4-14-28(24)25(29)20-5-3-7-21(26)15-20/h3,5,7-13,15-17,27H,4,6,14H2,1-2H3. The number of benzene rings is 3. The molecule has 1 aliphatic rings. The molecule has 1 amide bonds. The molecule has 0 unspecified atom stereocenters. The van der Waals surface area contributed by atoms with E-state index in [1.54, 1.807) is 59.5 Å². The van der Waals surface area contributed by atoms with Crippen molar-refractivity contribution < 1.29 is 13.2 Å².